The van der Waals surface area contributed by atoms with Crippen LogP contribution < -0.4 is 5.32 Å². The van der Waals surface area contributed by atoms with Gasteiger partial charge in [0.1, 0.15) is 0 Å². The summed E-state index contributed by atoms with van der Waals surface area (Å²) in [5, 5.41) is 3.37. The zero-order valence-electron chi connectivity index (χ0n) is 12.0. The fourth-order valence-electron chi connectivity index (χ4n) is 2.70. The van der Waals surface area contributed by atoms with E-state index in [2.05, 4.69) is 17.0 Å². The summed E-state index contributed by atoms with van der Waals surface area (Å²) < 4.78 is 4.64. The molecule has 0 radical (unpaired) electrons. The van der Waals surface area contributed by atoms with Gasteiger partial charge in [0.15, 0.2) is 0 Å². The van der Waals surface area contributed by atoms with Gasteiger partial charge in [0.25, 0.3) is 0 Å². The van der Waals surface area contributed by atoms with Crippen LogP contribution in [0.25, 0.3) is 0 Å². The van der Waals surface area contributed by atoms with Gasteiger partial charge >= 0.3 is 5.97 Å². The molecule has 0 aliphatic heterocycles. The molecule has 0 aromatic rings. The maximum Gasteiger partial charge on any atom is 0.333 e. The van der Waals surface area contributed by atoms with Crippen molar-refractivity contribution >= 4 is 5.97 Å². The molecule has 0 spiro atoms. The number of nitrogens with one attached hydrogen (secondary N) is 1. The summed E-state index contributed by atoms with van der Waals surface area (Å²) in [7, 11) is 1.41. The Balaban J connectivity index is 2.09. The van der Waals surface area contributed by atoms with Crippen molar-refractivity contribution in [2.45, 2.75) is 46.0 Å². The van der Waals surface area contributed by atoms with E-state index in [4.69, 9.17) is 0 Å². The fraction of sp³-hybridized carbons (Fsp3) is 0.800. The maximum atomic E-state index is 11.1. The molecule has 1 N–H and O–H groups in total. The maximum absolute atomic E-state index is 11.1. The van der Waals surface area contributed by atoms with Gasteiger partial charge in [0.05, 0.1) is 7.11 Å². The molecule has 1 aliphatic rings. The Kier molecular flexibility index (Phi) is 7.02. The molecule has 2 atom stereocenters. The lowest BCUT2D eigenvalue weighted by Crippen LogP contribution is -2.21. The highest BCUT2D eigenvalue weighted by atomic mass is 16.5. The van der Waals surface area contributed by atoms with Crippen LogP contribution in [0.1, 0.15) is 46.0 Å². The van der Waals surface area contributed by atoms with Crippen LogP contribution in [-0.2, 0) is 9.53 Å². The van der Waals surface area contributed by atoms with E-state index in [1.165, 1.54) is 39.2 Å². The van der Waals surface area contributed by atoms with Gasteiger partial charge in [-0.3, -0.25) is 0 Å². The minimum Gasteiger partial charge on any atom is -0.466 e. The van der Waals surface area contributed by atoms with Crippen LogP contribution in [-0.4, -0.2) is 26.2 Å². The number of esters is 1. The summed E-state index contributed by atoms with van der Waals surface area (Å²) in [6.45, 7) is 5.95. The smallest absolute Gasteiger partial charge is 0.333 e. The van der Waals surface area contributed by atoms with Crippen molar-refractivity contribution in [3.63, 3.8) is 0 Å². The molecule has 3 nitrogen and oxygen atoms in total. The molecular weight excluding hydrogens is 226 g/mol. The predicted molar refractivity (Wildman–Crippen MR) is 74.4 cm³/mol. The van der Waals surface area contributed by atoms with Crippen molar-refractivity contribution in [2.75, 3.05) is 20.2 Å². The van der Waals surface area contributed by atoms with E-state index in [-0.39, 0.29) is 5.97 Å². The Morgan fingerprint density at radius 1 is 1.44 bits per heavy atom. The Morgan fingerprint density at radius 2 is 2.22 bits per heavy atom. The normalized spacial score (nSPS) is 24.9. The standard InChI is InChI=1S/C15H27NO2/c1-12-5-4-6-14(11-12)8-10-16-9-7-13(2)15(17)18-3/h7,12,14,16H,4-6,8-11H2,1-3H3. The second-order valence-electron chi connectivity index (χ2n) is 5.51. The Hall–Kier alpha value is -0.830. The van der Waals surface area contributed by atoms with Crippen molar-refractivity contribution in [3.05, 3.63) is 11.6 Å². The van der Waals surface area contributed by atoms with Gasteiger partial charge in [-0.15, -0.1) is 0 Å². The molecule has 0 saturated heterocycles. The van der Waals surface area contributed by atoms with Crippen LogP contribution >= 0.6 is 0 Å². The summed E-state index contributed by atoms with van der Waals surface area (Å²) in [4.78, 5) is 11.1. The van der Waals surface area contributed by atoms with Gasteiger partial charge in [0.2, 0.25) is 0 Å². The molecule has 3 heteroatoms. The van der Waals surface area contributed by atoms with Gasteiger partial charge < -0.3 is 10.1 Å². The van der Waals surface area contributed by atoms with Gasteiger partial charge in [-0.25, -0.2) is 4.79 Å². The first kappa shape index (κ1) is 15.2. The van der Waals surface area contributed by atoms with Crippen LogP contribution in [0.15, 0.2) is 11.6 Å². The first-order valence-corrected chi connectivity index (χ1v) is 7.09. The average Bonchev–Trinajstić information content (AvgIpc) is 2.37. The SMILES string of the molecule is COC(=O)C(C)=CCNCCC1CCCC(C)C1. The van der Waals surface area contributed by atoms with Crippen molar-refractivity contribution in [3.8, 4) is 0 Å². The van der Waals surface area contributed by atoms with Crippen molar-refractivity contribution in [2.24, 2.45) is 11.8 Å². The topological polar surface area (TPSA) is 38.3 Å². The van der Waals surface area contributed by atoms with Crippen LogP contribution in [0.3, 0.4) is 0 Å². The summed E-state index contributed by atoms with van der Waals surface area (Å²) in [5.74, 6) is 1.56. The minimum absolute atomic E-state index is 0.238. The van der Waals surface area contributed by atoms with E-state index in [1.807, 2.05) is 6.08 Å². The molecule has 104 valence electrons. The first-order chi connectivity index (χ1) is 8.63. The van der Waals surface area contributed by atoms with E-state index in [9.17, 15) is 4.79 Å². The quantitative estimate of drug-likeness (QED) is 0.449. The zero-order chi connectivity index (χ0) is 13.4. The Bertz CT molecular complexity index is 286. The van der Waals surface area contributed by atoms with E-state index in [0.29, 0.717) is 5.57 Å². The van der Waals surface area contributed by atoms with E-state index < -0.39 is 0 Å². The number of ether oxygens (including phenoxy) is 1. The molecular formula is C15H27NO2. The highest BCUT2D eigenvalue weighted by Crippen LogP contribution is 2.30. The lowest BCUT2D eigenvalue weighted by atomic mass is 9.81. The largest absolute Gasteiger partial charge is 0.466 e. The summed E-state index contributed by atoms with van der Waals surface area (Å²) in [6, 6.07) is 0. The summed E-state index contributed by atoms with van der Waals surface area (Å²) in [6.07, 6.45) is 8.74. The van der Waals surface area contributed by atoms with Crippen LogP contribution in [0.4, 0.5) is 0 Å². The van der Waals surface area contributed by atoms with E-state index >= 15 is 0 Å². The number of methoxy groups -OCH3 is 1. The minimum atomic E-state index is -0.238. The molecule has 1 aliphatic carbocycles. The molecule has 1 rings (SSSR count). The number of hydrogen-bond acceptors (Lipinski definition) is 3. The van der Waals surface area contributed by atoms with Crippen LogP contribution in [0.2, 0.25) is 0 Å². The summed E-state index contributed by atoms with van der Waals surface area (Å²) >= 11 is 0. The molecule has 0 aromatic heterocycles. The second-order valence-corrected chi connectivity index (χ2v) is 5.51. The lowest BCUT2D eigenvalue weighted by molar-refractivity contribution is -0.136. The third-order valence-corrected chi connectivity index (χ3v) is 3.83. The Labute approximate surface area is 111 Å². The number of carbonyl (C=O) groups is 1. The Morgan fingerprint density at radius 3 is 2.89 bits per heavy atom. The van der Waals surface area contributed by atoms with E-state index in [1.54, 1.807) is 6.92 Å². The zero-order valence-corrected chi connectivity index (χ0v) is 12.0. The second kappa shape index (κ2) is 8.30. The number of hydrogen-bond donors (Lipinski definition) is 1. The predicted octanol–water partition coefficient (Wildman–Crippen LogP) is 2.91. The van der Waals surface area contributed by atoms with Crippen molar-refractivity contribution in [1.82, 2.24) is 5.32 Å². The van der Waals surface area contributed by atoms with Crippen molar-refractivity contribution < 1.29 is 9.53 Å². The monoisotopic (exact) mass is 253 g/mol. The number of rotatable bonds is 6. The lowest BCUT2D eigenvalue weighted by Gasteiger charge is -2.26. The average molecular weight is 253 g/mol. The highest BCUT2D eigenvalue weighted by Gasteiger charge is 2.17. The number of carbonyl (C=O) groups excluding carboxylic acids is 1. The van der Waals surface area contributed by atoms with Gasteiger partial charge in [-0.1, -0.05) is 32.3 Å². The molecule has 0 aromatic carbocycles. The first-order valence-electron chi connectivity index (χ1n) is 7.09. The molecule has 18 heavy (non-hydrogen) atoms. The van der Waals surface area contributed by atoms with Gasteiger partial charge in [0, 0.05) is 12.1 Å². The fourth-order valence-corrected chi connectivity index (χ4v) is 2.70. The van der Waals surface area contributed by atoms with E-state index in [0.717, 1.165) is 24.9 Å². The molecule has 2 unspecified atom stereocenters. The molecule has 0 heterocycles. The van der Waals surface area contributed by atoms with Crippen molar-refractivity contribution in [1.29, 1.82) is 0 Å². The molecule has 1 fully saturated rings. The van der Waals surface area contributed by atoms with Gasteiger partial charge in [-0.05, 0) is 38.1 Å². The third kappa shape index (κ3) is 5.67. The highest BCUT2D eigenvalue weighted by molar-refractivity contribution is 5.87. The van der Waals surface area contributed by atoms with Crippen LogP contribution in [0.5, 0.6) is 0 Å². The molecule has 1 saturated carbocycles. The van der Waals surface area contributed by atoms with Gasteiger partial charge in [-0.2, -0.15) is 0 Å². The molecule has 0 bridgehead atoms. The molecule has 0 amide bonds. The van der Waals surface area contributed by atoms with Crippen LogP contribution in [0, 0.1) is 11.8 Å². The third-order valence-electron chi connectivity index (χ3n) is 3.83. The summed E-state index contributed by atoms with van der Waals surface area (Å²) in [5.41, 5.74) is 0.677.